The van der Waals surface area contributed by atoms with Crippen molar-refractivity contribution in [3.05, 3.63) is 54.7 Å². The van der Waals surface area contributed by atoms with Crippen molar-refractivity contribution in [2.75, 3.05) is 6.54 Å². The molecule has 1 N–H and O–H groups in total. The van der Waals surface area contributed by atoms with Gasteiger partial charge in [-0.25, -0.2) is 0 Å². The second-order valence-electron chi connectivity index (χ2n) is 4.39. The molecule has 0 radical (unpaired) electrons. The third-order valence-corrected chi connectivity index (χ3v) is 5.20. The predicted molar refractivity (Wildman–Crippen MR) is 93.2 cm³/mol. The van der Waals surface area contributed by atoms with Gasteiger partial charge in [0.05, 0.1) is 0 Å². The van der Waals surface area contributed by atoms with Gasteiger partial charge in [0.15, 0.2) is 0 Å². The quantitative estimate of drug-likeness (QED) is 0.644. The number of hydrogen-bond donors (Lipinski definition) is 1. The van der Waals surface area contributed by atoms with Gasteiger partial charge in [-0.3, -0.25) is 0 Å². The zero-order valence-corrected chi connectivity index (χ0v) is 14.6. The van der Waals surface area contributed by atoms with Crippen molar-refractivity contribution in [1.82, 2.24) is 5.32 Å². The number of nitrogens with one attached hydrogen (secondary N) is 1. The van der Waals surface area contributed by atoms with Crippen molar-refractivity contribution in [3.63, 3.8) is 0 Å². The molecule has 0 amide bonds. The smallest absolute Gasteiger partial charge is 0.0410 e. The number of rotatable bonds is 6. The first-order valence-corrected chi connectivity index (χ1v) is 8.75. The Bertz CT molecular complexity index is 513. The highest BCUT2D eigenvalue weighted by Crippen LogP contribution is 2.27. The number of aryl methyl sites for hydroxylation is 1. The molecule has 2 aromatic rings. The average Bonchev–Trinajstić information content (AvgIpc) is 2.91. The highest BCUT2D eigenvalue weighted by atomic mass is 127. The summed E-state index contributed by atoms with van der Waals surface area (Å²) in [6.45, 7) is 3.12. The average molecular weight is 406 g/mol. The van der Waals surface area contributed by atoms with E-state index in [0.717, 1.165) is 24.4 Å². The minimum Gasteiger partial charge on any atom is -0.310 e. The molecule has 0 aliphatic heterocycles. The molecule has 0 bridgehead atoms. The zero-order chi connectivity index (χ0) is 13.7. The van der Waals surface area contributed by atoms with Crippen molar-refractivity contribution >= 4 is 45.5 Å². The summed E-state index contributed by atoms with van der Waals surface area (Å²) in [4.78, 5) is 1.44. The largest absolute Gasteiger partial charge is 0.310 e. The number of benzene rings is 1. The van der Waals surface area contributed by atoms with Crippen molar-refractivity contribution < 1.29 is 0 Å². The summed E-state index contributed by atoms with van der Waals surface area (Å²) in [6, 6.07) is 10.8. The fourth-order valence-corrected chi connectivity index (χ4v) is 3.75. The summed E-state index contributed by atoms with van der Waals surface area (Å²) in [7, 11) is 0. The van der Waals surface area contributed by atoms with Gasteiger partial charge in [-0.1, -0.05) is 24.6 Å². The first-order chi connectivity index (χ1) is 9.20. The van der Waals surface area contributed by atoms with E-state index in [1.54, 1.807) is 0 Å². The molecule has 1 aromatic heterocycles. The van der Waals surface area contributed by atoms with E-state index in [1.807, 2.05) is 17.4 Å². The van der Waals surface area contributed by atoms with E-state index < -0.39 is 0 Å². The molecule has 1 atom stereocenters. The molecule has 1 nitrogen and oxygen atoms in total. The number of thiophene rings is 1. The van der Waals surface area contributed by atoms with E-state index in [1.165, 1.54) is 14.0 Å². The van der Waals surface area contributed by atoms with Crippen molar-refractivity contribution in [2.24, 2.45) is 0 Å². The molecular weight excluding hydrogens is 389 g/mol. The number of halogens is 2. The van der Waals surface area contributed by atoms with Crippen molar-refractivity contribution in [1.29, 1.82) is 0 Å². The minimum absolute atomic E-state index is 0.373. The van der Waals surface area contributed by atoms with Gasteiger partial charge in [-0.15, -0.1) is 11.3 Å². The molecule has 2 rings (SSSR count). The van der Waals surface area contributed by atoms with Gasteiger partial charge in [-0.2, -0.15) is 0 Å². The third kappa shape index (κ3) is 4.45. The monoisotopic (exact) mass is 405 g/mol. The Balaban J connectivity index is 2.12. The third-order valence-electron chi connectivity index (χ3n) is 3.04. The van der Waals surface area contributed by atoms with Crippen LogP contribution in [0, 0.1) is 3.57 Å². The molecule has 1 aromatic carbocycles. The number of hydrogen-bond acceptors (Lipinski definition) is 2. The van der Waals surface area contributed by atoms with Crippen LogP contribution < -0.4 is 5.32 Å². The lowest BCUT2D eigenvalue weighted by Gasteiger charge is -2.20. The Morgan fingerprint density at radius 2 is 2.21 bits per heavy atom. The second kappa shape index (κ2) is 7.62. The molecule has 0 saturated heterocycles. The minimum atomic E-state index is 0.373. The summed E-state index contributed by atoms with van der Waals surface area (Å²) in [5, 5.41) is 6.52. The Hall–Kier alpha value is -0.100. The first kappa shape index (κ1) is 15.3. The van der Waals surface area contributed by atoms with Gasteiger partial charge in [0.2, 0.25) is 0 Å². The van der Waals surface area contributed by atoms with E-state index >= 15 is 0 Å². The van der Waals surface area contributed by atoms with Gasteiger partial charge in [0.25, 0.3) is 0 Å². The topological polar surface area (TPSA) is 12.0 Å². The maximum atomic E-state index is 6.13. The van der Waals surface area contributed by atoms with Crippen LogP contribution in [0.5, 0.6) is 0 Å². The van der Waals surface area contributed by atoms with Crippen LogP contribution in [0.25, 0.3) is 0 Å². The Labute approximate surface area is 137 Å². The van der Waals surface area contributed by atoms with E-state index in [2.05, 4.69) is 64.5 Å². The van der Waals surface area contributed by atoms with Crippen molar-refractivity contribution in [2.45, 2.75) is 25.8 Å². The first-order valence-electron chi connectivity index (χ1n) is 6.41. The molecule has 0 aliphatic rings. The molecular formula is C15H17ClINS. The summed E-state index contributed by atoms with van der Waals surface area (Å²) in [5.74, 6) is 0. The Morgan fingerprint density at radius 3 is 2.89 bits per heavy atom. The normalized spacial score (nSPS) is 12.6. The van der Waals surface area contributed by atoms with Gasteiger partial charge in [-0.05, 0) is 77.2 Å². The fourth-order valence-electron chi connectivity index (χ4n) is 2.14. The summed E-state index contributed by atoms with van der Waals surface area (Å²) >= 11 is 10.4. The molecule has 102 valence electrons. The summed E-state index contributed by atoms with van der Waals surface area (Å²) < 4.78 is 1.28. The lowest BCUT2D eigenvalue weighted by Crippen LogP contribution is -2.22. The van der Waals surface area contributed by atoms with Crippen LogP contribution in [0.3, 0.4) is 0 Å². The van der Waals surface area contributed by atoms with Crippen LogP contribution in [0.4, 0.5) is 0 Å². The van der Waals surface area contributed by atoms with Crippen LogP contribution in [0.15, 0.2) is 35.7 Å². The van der Waals surface area contributed by atoms with Crippen LogP contribution in [-0.4, -0.2) is 6.54 Å². The molecule has 19 heavy (non-hydrogen) atoms. The van der Waals surface area contributed by atoms with E-state index in [4.69, 9.17) is 11.6 Å². The van der Waals surface area contributed by atoms with Crippen LogP contribution in [0.1, 0.15) is 29.8 Å². The Kier molecular flexibility index (Phi) is 6.13. The summed E-state index contributed by atoms with van der Waals surface area (Å²) in [5.41, 5.74) is 1.31. The second-order valence-corrected chi connectivity index (χ2v) is 7.03. The lowest BCUT2D eigenvalue weighted by molar-refractivity contribution is 0.515. The SMILES string of the molecule is CCNC(CCc1cccs1)c1cc(Cl)ccc1I. The van der Waals surface area contributed by atoms with Gasteiger partial charge >= 0.3 is 0 Å². The van der Waals surface area contributed by atoms with Gasteiger partial charge in [0.1, 0.15) is 0 Å². The molecule has 4 heteroatoms. The van der Waals surface area contributed by atoms with Gasteiger partial charge < -0.3 is 5.32 Å². The zero-order valence-electron chi connectivity index (χ0n) is 10.8. The van der Waals surface area contributed by atoms with E-state index in [-0.39, 0.29) is 0 Å². The molecule has 1 heterocycles. The highest BCUT2D eigenvalue weighted by Gasteiger charge is 2.14. The molecule has 0 spiro atoms. The highest BCUT2D eigenvalue weighted by molar-refractivity contribution is 14.1. The molecule has 1 unspecified atom stereocenters. The lowest BCUT2D eigenvalue weighted by atomic mass is 10.0. The fraction of sp³-hybridized carbons (Fsp3) is 0.333. The maximum absolute atomic E-state index is 6.13. The Morgan fingerprint density at radius 1 is 1.37 bits per heavy atom. The van der Waals surface area contributed by atoms with Crippen LogP contribution in [0.2, 0.25) is 5.02 Å². The van der Waals surface area contributed by atoms with Gasteiger partial charge in [0, 0.05) is 19.5 Å². The predicted octanol–water partition coefficient (Wildman–Crippen LogP) is 5.29. The molecule has 0 aliphatic carbocycles. The van der Waals surface area contributed by atoms with Crippen LogP contribution >= 0.6 is 45.5 Å². The molecule has 0 fully saturated rings. The maximum Gasteiger partial charge on any atom is 0.0410 e. The van der Waals surface area contributed by atoms with Crippen molar-refractivity contribution in [3.8, 4) is 0 Å². The van der Waals surface area contributed by atoms with Crippen LogP contribution in [-0.2, 0) is 6.42 Å². The standard InChI is InChI=1S/C15H17ClINS/c1-2-18-15(8-6-12-4-3-9-19-12)13-10-11(16)5-7-14(13)17/h3-5,7,9-10,15,18H,2,6,8H2,1H3. The van der Waals surface area contributed by atoms with E-state index in [0.29, 0.717) is 6.04 Å². The molecule has 0 saturated carbocycles. The summed E-state index contributed by atoms with van der Waals surface area (Å²) in [6.07, 6.45) is 2.21. The van der Waals surface area contributed by atoms with E-state index in [9.17, 15) is 0 Å².